The summed E-state index contributed by atoms with van der Waals surface area (Å²) in [6, 6.07) is 7.74. The first-order valence-electron chi connectivity index (χ1n) is 5.85. The van der Waals surface area contributed by atoms with Crippen molar-refractivity contribution in [3.63, 3.8) is 0 Å². The van der Waals surface area contributed by atoms with E-state index >= 15 is 0 Å². The van der Waals surface area contributed by atoms with Crippen molar-refractivity contribution in [2.75, 3.05) is 13.6 Å². The van der Waals surface area contributed by atoms with Crippen molar-refractivity contribution >= 4 is 17.5 Å². The molecule has 1 unspecified atom stereocenters. The van der Waals surface area contributed by atoms with Gasteiger partial charge in [-0.3, -0.25) is 10.1 Å². The zero-order valence-corrected chi connectivity index (χ0v) is 10.9. The molecular weight excluding hydrogens is 236 g/mol. The molecule has 2 atom stereocenters. The van der Waals surface area contributed by atoms with Crippen LogP contribution in [0.4, 0.5) is 0 Å². The van der Waals surface area contributed by atoms with Crippen molar-refractivity contribution < 1.29 is 4.79 Å². The topological polar surface area (TPSA) is 32.3 Å². The Morgan fingerprint density at radius 1 is 1.47 bits per heavy atom. The van der Waals surface area contributed by atoms with Crippen LogP contribution in [-0.2, 0) is 4.79 Å². The second-order valence-corrected chi connectivity index (χ2v) is 4.92. The van der Waals surface area contributed by atoms with Crippen molar-refractivity contribution in [3.05, 3.63) is 34.9 Å². The van der Waals surface area contributed by atoms with Crippen molar-refractivity contribution in [3.8, 4) is 0 Å². The number of hydrogen-bond donors (Lipinski definition) is 1. The summed E-state index contributed by atoms with van der Waals surface area (Å²) in [7, 11) is 1.84. The summed E-state index contributed by atoms with van der Waals surface area (Å²) in [6.07, 6.45) is 0.865. The fraction of sp³-hybridized carbons (Fsp3) is 0.462. The third-order valence-corrected chi connectivity index (χ3v) is 3.59. The number of halogens is 1. The molecule has 1 fully saturated rings. The Balaban J connectivity index is 2.05. The van der Waals surface area contributed by atoms with E-state index in [1.54, 1.807) is 4.90 Å². The standard InChI is InChI=1S/C13H17ClN2O/c1-9(10-5-3-4-6-11(10)14)15-12-7-8-16(2)13(12)17/h3-6,9,12,15H,7-8H2,1-2H3/t9-,12?/m1/s1. The average molecular weight is 253 g/mol. The molecule has 1 heterocycles. The molecule has 0 aliphatic carbocycles. The summed E-state index contributed by atoms with van der Waals surface area (Å²) in [6.45, 7) is 2.86. The number of benzene rings is 1. The molecule has 17 heavy (non-hydrogen) atoms. The lowest BCUT2D eigenvalue weighted by Crippen LogP contribution is -2.38. The Bertz CT molecular complexity index is 422. The van der Waals surface area contributed by atoms with Gasteiger partial charge in [0.05, 0.1) is 6.04 Å². The van der Waals surface area contributed by atoms with E-state index in [-0.39, 0.29) is 18.0 Å². The van der Waals surface area contributed by atoms with Crippen molar-refractivity contribution in [1.29, 1.82) is 0 Å². The lowest BCUT2D eigenvalue weighted by molar-refractivity contribution is -0.128. The minimum atomic E-state index is -0.0775. The quantitative estimate of drug-likeness (QED) is 0.895. The number of likely N-dealkylation sites (N-methyl/N-ethyl adjacent to an activating group) is 1. The van der Waals surface area contributed by atoms with Gasteiger partial charge in [-0.25, -0.2) is 0 Å². The monoisotopic (exact) mass is 252 g/mol. The SMILES string of the molecule is C[C@@H](NC1CCN(C)C1=O)c1ccccc1Cl. The largest absolute Gasteiger partial charge is 0.344 e. The maximum atomic E-state index is 11.8. The second-order valence-electron chi connectivity index (χ2n) is 4.51. The van der Waals surface area contributed by atoms with Crippen LogP contribution in [0.25, 0.3) is 0 Å². The molecule has 2 rings (SSSR count). The van der Waals surface area contributed by atoms with Gasteiger partial charge in [-0.05, 0) is 25.0 Å². The summed E-state index contributed by atoms with van der Waals surface area (Å²) in [5, 5.41) is 4.08. The number of nitrogens with zero attached hydrogens (tertiary/aromatic N) is 1. The highest BCUT2D eigenvalue weighted by atomic mass is 35.5. The molecule has 1 aromatic carbocycles. The Morgan fingerprint density at radius 2 is 2.18 bits per heavy atom. The summed E-state index contributed by atoms with van der Waals surface area (Å²) in [5.41, 5.74) is 1.04. The number of likely N-dealkylation sites (tertiary alicyclic amines) is 1. The van der Waals surface area contributed by atoms with Crippen LogP contribution in [-0.4, -0.2) is 30.4 Å². The van der Waals surface area contributed by atoms with Crippen LogP contribution in [0.3, 0.4) is 0 Å². The molecule has 0 saturated carbocycles. The highest BCUT2D eigenvalue weighted by Crippen LogP contribution is 2.23. The molecule has 3 nitrogen and oxygen atoms in total. The third kappa shape index (κ3) is 2.61. The first-order chi connectivity index (χ1) is 8.09. The van der Waals surface area contributed by atoms with E-state index in [0.717, 1.165) is 23.6 Å². The molecule has 1 saturated heterocycles. The van der Waals surface area contributed by atoms with Gasteiger partial charge in [-0.2, -0.15) is 0 Å². The minimum Gasteiger partial charge on any atom is -0.344 e. The molecule has 1 aliphatic rings. The van der Waals surface area contributed by atoms with E-state index in [9.17, 15) is 4.79 Å². The number of nitrogens with one attached hydrogen (secondary N) is 1. The van der Waals surface area contributed by atoms with E-state index in [1.807, 2.05) is 38.2 Å². The maximum absolute atomic E-state index is 11.8. The molecule has 0 radical (unpaired) electrons. The fourth-order valence-electron chi connectivity index (χ4n) is 2.19. The van der Waals surface area contributed by atoms with Gasteiger partial charge < -0.3 is 4.90 Å². The van der Waals surface area contributed by atoms with Gasteiger partial charge in [0.15, 0.2) is 0 Å². The van der Waals surface area contributed by atoms with Gasteiger partial charge in [-0.15, -0.1) is 0 Å². The molecule has 0 spiro atoms. The average Bonchev–Trinajstić information content (AvgIpc) is 2.61. The minimum absolute atomic E-state index is 0.0775. The summed E-state index contributed by atoms with van der Waals surface area (Å²) >= 11 is 6.13. The summed E-state index contributed by atoms with van der Waals surface area (Å²) < 4.78 is 0. The Morgan fingerprint density at radius 3 is 2.76 bits per heavy atom. The molecule has 1 amide bonds. The van der Waals surface area contributed by atoms with E-state index < -0.39 is 0 Å². The van der Waals surface area contributed by atoms with E-state index in [0.29, 0.717) is 0 Å². The molecule has 1 aliphatic heterocycles. The van der Waals surface area contributed by atoms with Crippen LogP contribution in [0.5, 0.6) is 0 Å². The molecule has 1 N–H and O–H groups in total. The lowest BCUT2D eigenvalue weighted by atomic mass is 10.1. The molecule has 92 valence electrons. The lowest BCUT2D eigenvalue weighted by Gasteiger charge is -2.19. The molecule has 0 aromatic heterocycles. The van der Waals surface area contributed by atoms with Gasteiger partial charge in [0.25, 0.3) is 0 Å². The van der Waals surface area contributed by atoms with Crippen LogP contribution >= 0.6 is 11.6 Å². The molecule has 0 bridgehead atoms. The predicted octanol–water partition coefficient (Wildman–Crippen LogP) is 2.22. The van der Waals surface area contributed by atoms with Crippen LogP contribution < -0.4 is 5.32 Å². The highest BCUT2D eigenvalue weighted by Gasteiger charge is 2.30. The highest BCUT2D eigenvalue weighted by molar-refractivity contribution is 6.31. The smallest absolute Gasteiger partial charge is 0.239 e. The van der Waals surface area contributed by atoms with E-state index in [2.05, 4.69) is 5.32 Å². The van der Waals surface area contributed by atoms with Gasteiger partial charge in [0.1, 0.15) is 0 Å². The van der Waals surface area contributed by atoms with Crippen LogP contribution in [0.2, 0.25) is 5.02 Å². The summed E-state index contributed by atoms with van der Waals surface area (Å²) in [5.74, 6) is 0.170. The van der Waals surface area contributed by atoms with Gasteiger partial charge in [-0.1, -0.05) is 29.8 Å². The van der Waals surface area contributed by atoms with E-state index in [1.165, 1.54) is 0 Å². The van der Waals surface area contributed by atoms with Crippen LogP contribution in [0, 0.1) is 0 Å². The first-order valence-corrected chi connectivity index (χ1v) is 6.23. The number of carbonyl (C=O) groups excluding carboxylic acids is 1. The van der Waals surface area contributed by atoms with Crippen molar-refractivity contribution in [1.82, 2.24) is 10.2 Å². The van der Waals surface area contributed by atoms with Gasteiger partial charge >= 0.3 is 0 Å². The summed E-state index contributed by atoms with van der Waals surface area (Å²) in [4.78, 5) is 13.5. The number of amides is 1. The second kappa shape index (κ2) is 5.07. The zero-order valence-electron chi connectivity index (χ0n) is 10.1. The number of carbonyl (C=O) groups is 1. The zero-order chi connectivity index (χ0) is 12.4. The van der Waals surface area contributed by atoms with E-state index in [4.69, 9.17) is 11.6 Å². The fourth-order valence-corrected chi connectivity index (χ4v) is 2.49. The normalized spacial score (nSPS) is 21.9. The van der Waals surface area contributed by atoms with Crippen molar-refractivity contribution in [2.45, 2.75) is 25.4 Å². The first kappa shape index (κ1) is 12.4. The number of rotatable bonds is 3. The Labute approximate surface area is 107 Å². The molecule has 4 heteroatoms. The van der Waals surface area contributed by atoms with Gasteiger partial charge in [0.2, 0.25) is 5.91 Å². The van der Waals surface area contributed by atoms with Crippen molar-refractivity contribution in [2.24, 2.45) is 0 Å². The number of hydrogen-bond acceptors (Lipinski definition) is 2. The Hall–Kier alpha value is -1.06. The van der Waals surface area contributed by atoms with Crippen LogP contribution in [0.15, 0.2) is 24.3 Å². The van der Waals surface area contributed by atoms with Crippen LogP contribution in [0.1, 0.15) is 24.9 Å². The maximum Gasteiger partial charge on any atom is 0.239 e. The molecular formula is C13H17ClN2O. The van der Waals surface area contributed by atoms with Gasteiger partial charge in [0, 0.05) is 24.7 Å². The molecule has 1 aromatic rings. The third-order valence-electron chi connectivity index (χ3n) is 3.25. The predicted molar refractivity (Wildman–Crippen MR) is 69.0 cm³/mol. The Kier molecular flexibility index (Phi) is 3.69.